The SMILES string of the molecule is CN(C)CCCNC(=O)c1cccc(C(=O)Nc2ccccc2F)c1. The van der Waals surface area contributed by atoms with Crippen LogP contribution in [-0.2, 0) is 0 Å². The normalized spacial score (nSPS) is 10.6. The molecule has 2 aromatic carbocycles. The summed E-state index contributed by atoms with van der Waals surface area (Å²) in [5.41, 5.74) is 0.793. The van der Waals surface area contributed by atoms with Gasteiger partial charge in [-0.1, -0.05) is 18.2 Å². The van der Waals surface area contributed by atoms with Gasteiger partial charge in [-0.25, -0.2) is 4.39 Å². The molecule has 0 aliphatic carbocycles. The lowest BCUT2D eigenvalue weighted by molar-refractivity contribution is 0.0952. The highest BCUT2D eigenvalue weighted by Gasteiger charge is 2.12. The zero-order chi connectivity index (χ0) is 18.2. The van der Waals surface area contributed by atoms with Crippen molar-refractivity contribution in [3.63, 3.8) is 0 Å². The largest absolute Gasteiger partial charge is 0.352 e. The molecule has 0 saturated heterocycles. The minimum Gasteiger partial charge on any atom is -0.352 e. The Morgan fingerprint density at radius 2 is 1.68 bits per heavy atom. The summed E-state index contributed by atoms with van der Waals surface area (Å²) in [5.74, 6) is -1.21. The number of halogens is 1. The maximum atomic E-state index is 13.6. The van der Waals surface area contributed by atoms with E-state index in [0.717, 1.165) is 13.0 Å². The third kappa shape index (κ3) is 5.69. The van der Waals surface area contributed by atoms with Gasteiger partial charge in [-0.15, -0.1) is 0 Å². The van der Waals surface area contributed by atoms with E-state index in [0.29, 0.717) is 17.7 Å². The Morgan fingerprint density at radius 1 is 1.00 bits per heavy atom. The Hall–Kier alpha value is -2.73. The molecule has 0 bridgehead atoms. The highest BCUT2D eigenvalue weighted by atomic mass is 19.1. The van der Waals surface area contributed by atoms with Crippen LogP contribution in [0.3, 0.4) is 0 Å². The van der Waals surface area contributed by atoms with E-state index < -0.39 is 11.7 Å². The van der Waals surface area contributed by atoms with Crippen LogP contribution >= 0.6 is 0 Å². The zero-order valence-corrected chi connectivity index (χ0v) is 14.4. The molecule has 2 N–H and O–H groups in total. The first-order valence-electron chi connectivity index (χ1n) is 8.06. The first-order chi connectivity index (χ1) is 12.0. The molecule has 0 heterocycles. The van der Waals surface area contributed by atoms with Crippen LogP contribution in [0.2, 0.25) is 0 Å². The number of carbonyl (C=O) groups excluding carboxylic acids is 2. The van der Waals surface area contributed by atoms with E-state index in [2.05, 4.69) is 10.6 Å². The number of carbonyl (C=O) groups is 2. The summed E-state index contributed by atoms with van der Waals surface area (Å²) < 4.78 is 13.6. The van der Waals surface area contributed by atoms with E-state index in [4.69, 9.17) is 0 Å². The molecule has 0 fully saturated rings. The molecule has 2 rings (SSSR count). The summed E-state index contributed by atoms with van der Waals surface area (Å²) in [7, 11) is 3.94. The maximum absolute atomic E-state index is 13.6. The average Bonchev–Trinajstić information content (AvgIpc) is 2.60. The number of nitrogens with zero attached hydrogens (tertiary/aromatic N) is 1. The average molecular weight is 343 g/mol. The van der Waals surface area contributed by atoms with Gasteiger partial charge in [0.15, 0.2) is 0 Å². The molecule has 2 aromatic rings. The number of anilines is 1. The highest BCUT2D eigenvalue weighted by molar-refractivity contribution is 6.06. The van der Waals surface area contributed by atoms with Crippen LogP contribution in [0.15, 0.2) is 48.5 Å². The highest BCUT2D eigenvalue weighted by Crippen LogP contribution is 2.14. The lowest BCUT2D eigenvalue weighted by atomic mass is 10.1. The third-order valence-corrected chi connectivity index (χ3v) is 3.58. The van der Waals surface area contributed by atoms with Crippen molar-refractivity contribution in [2.24, 2.45) is 0 Å². The molecule has 0 saturated carbocycles. The molecule has 0 unspecified atom stereocenters. The van der Waals surface area contributed by atoms with Crippen molar-refractivity contribution < 1.29 is 14.0 Å². The number of rotatable bonds is 7. The minimum atomic E-state index is -0.509. The summed E-state index contributed by atoms with van der Waals surface area (Å²) in [4.78, 5) is 26.5. The van der Waals surface area contributed by atoms with Crippen LogP contribution in [0.5, 0.6) is 0 Å². The Bertz CT molecular complexity index is 747. The second-order valence-electron chi connectivity index (χ2n) is 5.93. The first-order valence-corrected chi connectivity index (χ1v) is 8.06. The summed E-state index contributed by atoms with van der Waals surface area (Å²) in [5, 5.41) is 5.33. The second-order valence-corrected chi connectivity index (χ2v) is 5.93. The van der Waals surface area contributed by atoms with Crippen molar-refractivity contribution in [2.75, 3.05) is 32.5 Å². The lowest BCUT2D eigenvalue weighted by Gasteiger charge is -2.10. The fourth-order valence-electron chi connectivity index (χ4n) is 2.26. The predicted molar refractivity (Wildman–Crippen MR) is 96.3 cm³/mol. The Labute approximate surface area is 146 Å². The summed E-state index contributed by atoms with van der Waals surface area (Å²) >= 11 is 0. The number of hydrogen-bond acceptors (Lipinski definition) is 3. The maximum Gasteiger partial charge on any atom is 0.255 e. The molecule has 0 aliphatic heterocycles. The smallest absolute Gasteiger partial charge is 0.255 e. The van der Waals surface area contributed by atoms with Gasteiger partial charge < -0.3 is 15.5 Å². The molecule has 5 nitrogen and oxygen atoms in total. The van der Waals surface area contributed by atoms with Crippen LogP contribution in [0, 0.1) is 5.82 Å². The summed E-state index contributed by atoms with van der Waals surface area (Å²) in [6.45, 7) is 1.44. The molecule has 6 heteroatoms. The van der Waals surface area contributed by atoms with Crippen LogP contribution in [0.1, 0.15) is 27.1 Å². The molecule has 0 aromatic heterocycles. The Balaban J connectivity index is 1.99. The van der Waals surface area contributed by atoms with E-state index in [9.17, 15) is 14.0 Å². The van der Waals surface area contributed by atoms with Crippen molar-refractivity contribution in [3.05, 3.63) is 65.5 Å². The molecular formula is C19H22FN3O2. The van der Waals surface area contributed by atoms with Gasteiger partial charge in [0.1, 0.15) is 5.82 Å². The van der Waals surface area contributed by atoms with Gasteiger partial charge >= 0.3 is 0 Å². The molecule has 132 valence electrons. The van der Waals surface area contributed by atoms with Crippen molar-refractivity contribution in [1.29, 1.82) is 0 Å². The quantitative estimate of drug-likeness (QED) is 0.760. The van der Waals surface area contributed by atoms with Gasteiger partial charge in [0, 0.05) is 17.7 Å². The summed E-state index contributed by atoms with van der Waals surface area (Å²) in [6.07, 6.45) is 0.839. The second kappa shape index (κ2) is 8.94. The number of amides is 2. The van der Waals surface area contributed by atoms with Crippen molar-refractivity contribution >= 4 is 17.5 Å². The van der Waals surface area contributed by atoms with Crippen LogP contribution < -0.4 is 10.6 Å². The fraction of sp³-hybridized carbons (Fsp3) is 0.263. The monoisotopic (exact) mass is 343 g/mol. The van der Waals surface area contributed by atoms with Gasteiger partial charge in [0.25, 0.3) is 11.8 Å². The topological polar surface area (TPSA) is 61.4 Å². The van der Waals surface area contributed by atoms with Crippen LogP contribution in [0.4, 0.5) is 10.1 Å². The minimum absolute atomic E-state index is 0.103. The first kappa shape index (κ1) is 18.6. The van der Waals surface area contributed by atoms with Gasteiger partial charge in [-0.2, -0.15) is 0 Å². The van der Waals surface area contributed by atoms with Gasteiger partial charge in [0.05, 0.1) is 5.69 Å². The van der Waals surface area contributed by atoms with Crippen molar-refractivity contribution in [1.82, 2.24) is 10.2 Å². The standard InChI is InChI=1S/C19H22FN3O2/c1-23(2)12-6-11-21-18(24)14-7-5-8-15(13-14)19(25)22-17-10-4-3-9-16(17)20/h3-5,7-10,13H,6,11-12H2,1-2H3,(H,21,24)(H,22,25). The van der Waals surface area contributed by atoms with Crippen molar-refractivity contribution in [3.8, 4) is 0 Å². The predicted octanol–water partition coefficient (Wildman–Crippen LogP) is 2.76. The van der Waals surface area contributed by atoms with Crippen molar-refractivity contribution in [2.45, 2.75) is 6.42 Å². The molecule has 0 aliphatic rings. The Morgan fingerprint density at radius 3 is 2.36 bits per heavy atom. The van der Waals surface area contributed by atoms with E-state index in [1.165, 1.54) is 18.2 Å². The number of para-hydroxylation sites is 1. The molecule has 0 radical (unpaired) electrons. The Kier molecular flexibility index (Phi) is 6.65. The summed E-state index contributed by atoms with van der Waals surface area (Å²) in [6, 6.07) is 12.3. The zero-order valence-electron chi connectivity index (χ0n) is 14.4. The van der Waals surface area contributed by atoms with Crippen LogP contribution in [-0.4, -0.2) is 43.9 Å². The van der Waals surface area contributed by atoms with Gasteiger partial charge in [0.2, 0.25) is 0 Å². The number of hydrogen-bond donors (Lipinski definition) is 2. The number of nitrogens with one attached hydrogen (secondary N) is 2. The molecule has 0 spiro atoms. The third-order valence-electron chi connectivity index (χ3n) is 3.58. The molecular weight excluding hydrogens is 321 g/mol. The van der Waals surface area contributed by atoms with E-state index in [1.54, 1.807) is 30.3 Å². The van der Waals surface area contributed by atoms with Gasteiger partial charge in [-0.3, -0.25) is 9.59 Å². The number of benzene rings is 2. The molecule has 0 atom stereocenters. The fourth-order valence-corrected chi connectivity index (χ4v) is 2.26. The molecule has 2 amide bonds. The lowest BCUT2D eigenvalue weighted by Crippen LogP contribution is -2.27. The van der Waals surface area contributed by atoms with E-state index in [-0.39, 0.29) is 11.6 Å². The van der Waals surface area contributed by atoms with Crippen LogP contribution in [0.25, 0.3) is 0 Å². The molecule has 25 heavy (non-hydrogen) atoms. The van der Waals surface area contributed by atoms with Gasteiger partial charge in [-0.05, 0) is 57.4 Å². The van der Waals surface area contributed by atoms with E-state index >= 15 is 0 Å². The van der Waals surface area contributed by atoms with E-state index in [1.807, 2.05) is 19.0 Å².